The Bertz CT molecular complexity index is 1380. The number of hydrogen-bond donors (Lipinski definition) is 3. The summed E-state index contributed by atoms with van der Waals surface area (Å²) in [4.78, 5) is 37.8. The third-order valence-electron chi connectivity index (χ3n) is 6.47. The molecule has 42 heavy (non-hydrogen) atoms. The number of aromatic hydroxyl groups is 1. The fraction of sp³-hybridized carbons (Fsp3) is 0.414. The second kappa shape index (κ2) is 14.0. The lowest BCUT2D eigenvalue weighted by atomic mass is 9.98. The third kappa shape index (κ3) is 7.11. The number of aliphatic hydroxyl groups is 2. The van der Waals surface area contributed by atoms with Gasteiger partial charge in [0.05, 0.1) is 26.1 Å². The third-order valence-corrected chi connectivity index (χ3v) is 6.47. The number of carbonyl (C=O) groups excluding carboxylic acids is 3. The molecule has 1 aromatic heterocycles. The first-order valence-electron chi connectivity index (χ1n) is 13.3. The van der Waals surface area contributed by atoms with Crippen molar-refractivity contribution in [2.75, 3.05) is 19.8 Å². The van der Waals surface area contributed by atoms with Crippen LogP contribution in [0.15, 0.2) is 53.1 Å². The molecule has 1 aliphatic rings. The number of aliphatic hydroxyl groups excluding tert-OH is 2. The molecule has 1 fully saturated rings. The maximum Gasteiger partial charge on any atom is 0.508 e. The number of furan rings is 1. The first-order valence-corrected chi connectivity index (χ1v) is 13.3. The molecule has 2 heterocycles. The monoisotopic (exact) mass is 588 g/mol. The topological polar surface area (TPSA) is 180 Å². The van der Waals surface area contributed by atoms with E-state index in [1.165, 1.54) is 32.0 Å². The molecule has 3 N–H and O–H groups in total. The summed E-state index contributed by atoms with van der Waals surface area (Å²) in [6, 6.07) is 11.4. The van der Waals surface area contributed by atoms with E-state index in [4.69, 9.17) is 32.8 Å². The number of benzene rings is 2. The number of aryl methyl sites for hydroxylation is 1. The first kappa shape index (κ1) is 30.6. The van der Waals surface area contributed by atoms with E-state index >= 15 is 0 Å². The summed E-state index contributed by atoms with van der Waals surface area (Å²) in [7, 11) is 0. The molecule has 0 unspecified atom stereocenters. The zero-order valence-corrected chi connectivity index (χ0v) is 23.0. The Labute approximate surface area is 240 Å². The van der Waals surface area contributed by atoms with Crippen LogP contribution in [0.3, 0.4) is 0 Å². The first-order chi connectivity index (χ1) is 20.2. The molecule has 0 amide bonds. The summed E-state index contributed by atoms with van der Waals surface area (Å²) in [5, 5.41) is 32.1. The standard InChI is InChI=1S/C29H32O13/c1-3-36-28(34)41-25-24(33)22(15-30)40-27(26(25)42-29(35)37-4-2)39-21-7-5-6-18(31)23(21)19(32)10-8-16-9-11-20-17(14-16)12-13-38-20/h5-7,9,11-14,22,24-27,30-31,33H,3-4,8,10,15H2,1-2H3/t22-,24-,25+,26-,27-/m1/s1. The number of Topliss-reactive ketones (excluding diaryl/α,β-unsaturated/α-hetero) is 1. The van der Waals surface area contributed by atoms with E-state index in [9.17, 15) is 29.7 Å². The van der Waals surface area contributed by atoms with Crippen LogP contribution in [0.5, 0.6) is 11.5 Å². The molecule has 1 saturated heterocycles. The van der Waals surface area contributed by atoms with E-state index in [0.29, 0.717) is 12.0 Å². The van der Waals surface area contributed by atoms with Crippen molar-refractivity contribution in [1.29, 1.82) is 0 Å². The van der Waals surface area contributed by atoms with E-state index in [-0.39, 0.29) is 36.7 Å². The number of carbonyl (C=O) groups is 3. The second-order valence-corrected chi connectivity index (χ2v) is 9.23. The van der Waals surface area contributed by atoms with Gasteiger partial charge in [-0.15, -0.1) is 0 Å². The highest BCUT2D eigenvalue weighted by Gasteiger charge is 2.51. The van der Waals surface area contributed by atoms with Gasteiger partial charge < -0.3 is 48.2 Å². The Hall–Kier alpha value is -4.33. The average Bonchev–Trinajstić information content (AvgIpc) is 3.43. The van der Waals surface area contributed by atoms with Gasteiger partial charge in [-0.25, -0.2) is 9.59 Å². The van der Waals surface area contributed by atoms with Crippen LogP contribution in [-0.4, -0.2) is 83.9 Å². The molecule has 5 atom stereocenters. The Kier molecular flexibility index (Phi) is 10.2. The van der Waals surface area contributed by atoms with E-state index in [1.807, 2.05) is 18.2 Å². The summed E-state index contributed by atoms with van der Waals surface area (Å²) in [6.07, 6.45) is -8.38. The molecule has 0 radical (unpaired) electrons. The number of phenolic OH excluding ortho intramolecular Hbond substituents is 1. The maximum absolute atomic E-state index is 13.3. The predicted molar refractivity (Wildman–Crippen MR) is 143 cm³/mol. The van der Waals surface area contributed by atoms with Crippen molar-refractivity contribution in [3.63, 3.8) is 0 Å². The van der Waals surface area contributed by atoms with Gasteiger partial charge in [0.2, 0.25) is 12.4 Å². The van der Waals surface area contributed by atoms with Gasteiger partial charge in [0, 0.05) is 11.8 Å². The minimum atomic E-state index is -1.67. The molecular formula is C29H32O13. The number of hydrogen-bond acceptors (Lipinski definition) is 13. The van der Waals surface area contributed by atoms with Crippen molar-refractivity contribution in [2.45, 2.75) is 57.4 Å². The van der Waals surface area contributed by atoms with Gasteiger partial charge >= 0.3 is 12.3 Å². The molecule has 4 rings (SSSR count). The Morgan fingerprint density at radius 3 is 2.36 bits per heavy atom. The van der Waals surface area contributed by atoms with Crippen molar-refractivity contribution >= 4 is 29.1 Å². The van der Waals surface area contributed by atoms with Gasteiger partial charge in [0.15, 0.2) is 11.9 Å². The summed E-state index contributed by atoms with van der Waals surface area (Å²) < 4.78 is 37.1. The van der Waals surface area contributed by atoms with Crippen LogP contribution in [0.2, 0.25) is 0 Å². The number of ether oxygens (including phenoxy) is 6. The number of fused-ring (bicyclic) bond motifs is 1. The fourth-order valence-electron chi connectivity index (χ4n) is 4.50. The molecular weight excluding hydrogens is 556 g/mol. The number of rotatable bonds is 11. The summed E-state index contributed by atoms with van der Waals surface area (Å²) in [5.74, 6) is -0.984. The lowest BCUT2D eigenvalue weighted by Crippen LogP contribution is -2.62. The zero-order valence-electron chi connectivity index (χ0n) is 23.0. The van der Waals surface area contributed by atoms with Crippen LogP contribution in [0, 0.1) is 0 Å². The molecule has 13 heteroatoms. The van der Waals surface area contributed by atoms with Crippen molar-refractivity contribution in [3.05, 3.63) is 59.9 Å². The van der Waals surface area contributed by atoms with Gasteiger partial charge in [-0.05, 0) is 56.2 Å². The summed E-state index contributed by atoms with van der Waals surface area (Å²) in [6.45, 7) is 2.24. The van der Waals surface area contributed by atoms with Gasteiger partial charge in [-0.2, -0.15) is 0 Å². The van der Waals surface area contributed by atoms with Crippen LogP contribution < -0.4 is 4.74 Å². The lowest BCUT2D eigenvalue weighted by Gasteiger charge is -2.42. The van der Waals surface area contributed by atoms with Crippen LogP contribution >= 0.6 is 0 Å². The van der Waals surface area contributed by atoms with Crippen LogP contribution in [0.4, 0.5) is 9.59 Å². The number of ketones is 1. The molecule has 0 bridgehead atoms. The van der Waals surface area contributed by atoms with E-state index in [1.54, 1.807) is 12.3 Å². The molecule has 13 nitrogen and oxygen atoms in total. The minimum Gasteiger partial charge on any atom is -0.507 e. The van der Waals surface area contributed by atoms with Crippen LogP contribution in [-0.2, 0) is 30.1 Å². The van der Waals surface area contributed by atoms with Crippen molar-refractivity contribution in [3.8, 4) is 11.5 Å². The van der Waals surface area contributed by atoms with Gasteiger partial charge in [-0.3, -0.25) is 4.79 Å². The lowest BCUT2D eigenvalue weighted by molar-refractivity contribution is -0.280. The molecule has 2 aromatic carbocycles. The molecule has 1 aliphatic heterocycles. The Morgan fingerprint density at radius 1 is 0.952 bits per heavy atom. The SMILES string of the molecule is CCOC(=O)O[C@H]1[C@H](Oc2cccc(O)c2C(=O)CCc2ccc3occc3c2)O[C@H](CO)[C@@H](O)[C@@H]1OC(=O)OCC. The van der Waals surface area contributed by atoms with Crippen molar-refractivity contribution in [2.24, 2.45) is 0 Å². The molecule has 0 saturated carbocycles. The highest BCUT2D eigenvalue weighted by Crippen LogP contribution is 2.34. The Morgan fingerprint density at radius 2 is 1.67 bits per heavy atom. The maximum atomic E-state index is 13.3. The molecule has 0 spiro atoms. The van der Waals surface area contributed by atoms with Gasteiger partial charge in [0.1, 0.15) is 34.9 Å². The quantitative estimate of drug-likeness (QED) is 0.219. The van der Waals surface area contributed by atoms with Crippen LogP contribution in [0.1, 0.15) is 36.2 Å². The fourth-order valence-corrected chi connectivity index (χ4v) is 4.50. The van der Waals surface area contributed by atoms with Gasteiger partial charge in [-0.1, -0.05) is 12.1 Å². The van der Waals surface area contributed by atoms with E-state index in [0.717, 1.165) is 10.9 Å². The highest BCUT2D eigenvalue weighted by molar-refractivity contribution is 6.01. The molecule has 226 valence electrons. The van der Waals surface area contributed by atoms with Gasteiger partial charge in [0.25, 0.3) is 0 Å². The normalized spacial score (nSPS) is 21.9. The average molecular weight is 589 g/mol. The minimum absolute atomic E-state index is 0.00184. The van der Waals surface area contributed by atoms with Crippen molar-refractivity contribution < 1.29 is 62.5 Å². The molecule has 3 aromatic rings. The highest BCUT2D eigenvalue weighted by atomic mass is 16.8. The van der Waals surface area contributed by atoms with E-state index < -0.39 is 55.4 Å². The number of phenols is 1. The Balaban J connectivity index is 1.60. The van der Waals surface area contributed by atoms with E-state index in [2.05, 4.69) is 0 Å². The second-order valence-electron chi connectivity index (χ2n) is 9.23. The van der Waals surface area contributed by atoms with Crippen LogP contribution in [0.25, 0.3) is 11.0 Å². The van der Waals surface area contributed by atoms with Crippen molar-refractivity contribution in [1.82, 2.24) is 0 Å². The predicted octanol–water partition coefficient (Wildman–Crippen LogP) is 3.49. The smallest absolute Gasteiger partial charge is 0.507 e. The molecule has 0 aliphatic carbocycles. The zero-order chi connectivity index (χ0) is 30.2. The summed E-state index contributed by atoms with van der Waals surface area (Å²) >= 11 is 0. The summed E-state index contributed by atoms with van der Waals surface area (Å²) in [5.41, 5.74) is 1.41. The largest absolute Gasteiger partial charge is 0.508 e.